The maximum absolute atomic E-state index is 11.8. The van der Waals surface area contributed by atoms with Crippen LogP contribution in [-0.4, -0.2) is 25.6 Å². The molecule has 2 heterocycles. The van der Waals surface area contributed by atoms with Gasteiger partial charge in [-0.3, -0.25) is 20.0 Å². The predicted octanol–water partition coefficient (Wildman–Crippen LogP) is 0.586. The molecule has 0 fully saturated rings. The minimum Gasteiger partial charge on any atom is -0.345 e. The Labute approximate surface area is 102 Å². The summed E-state index contributed by atoms with van der Waals surface area (Å²) in [6, 6.07) is 2.97. The first kappa shape index (κ1) is 11.8. The van der Waals surface area contributed by atoms with E-state index >= 15 is 0 Å². The molecule has 0 bridgehead atoms. The molecule has 0 aliphatic heterocycles. The third kappa shape index (κ3) is 2.37. The van der Waals surface area contributed by atoms with Gasteiger partial charge in [-0.2, -0.15) is 5.10 Å². The van der Waals surface area contributed by atoms with Gasteiger partial charge < -0.3 is 9.88 Å². The van der Waals surface area contributed by atoms with E-state index in [1.54, 1.807) is 19.3 Å². The maximum atomic E-state index is 11.8. The molecule has 0 unspecified atom stereocenters. The first-order valence-electron chi connectivity index (χ1n) is 5.15. The van der Waals surface area contributed by atoms with Gasteiger partial charge in [-0.25, -0.2) is 0 Å². The highest BCUT2D eigenvalue weighted by Crippen LogP contribution is 2.14. The second-order valence-electron chi connectivity index (χ2n) is 3.72. The summed E-state index contributed by atoms with van der Waals surface area (Å²) < 4.78 is 1.42. The van der Waals surface area contributed by atoms with Gasteiger partial charge in [0.1, 0.15) is 5.69 Å². The smallest absolute Gasteiger partial charge is 0.287 e. The Morgan fingerprint density at radius 3 is 3.00 bits per heavy atom. The number of hydrogen-bond donors (Lipinski definition) is 2. The first-order valence-corrected chi connectivity index (χ1v) is 5.15. The molecule has 18 heavy (non-hydrogen) atoms. The molecule has 94 valence electrons. The van der Waals surface area contributed by atoms with E-state index in [0.717, 1.165) is 5.69 Å². The quantitative estimate of drug-likeness (QED) is 0.610. The molecule has 0 saturated carbocycles. The number of nitro groups is 1. The van der Waals surface area contributed by atoms with Crippen molar-refractivity contribution in [3.63, 3.8) is 0 Å². The normalized spacial score (nSPS) is 10.3. The second kappa shape index (κ2) is 4.70. The van der Waals surface area contributed by atoms with Crippen molar-refractivity contribution in [1.82, 2.24) is 20.1 Å². The van der Waals surface area contributed by atoms with Crippen LogP contribution in [0.3, 0.4) is 0 Å². The molecular weight excluding hydrogens is 238 g/mol. The summed E-state index contributed by atoms with van der Waals surface area (Å²) >= 11 is 0. The summed E-state index contributed by atoms with van der Waals surface area (Å²) in [6.07, 6.45) is 2.87. The van der Waals surface area contributed by atoms with Crippen LogP contribution < -0.4 is 5.32 Å². The Kier molecular flexibility index (Phi) is 3.09. The van der Waals surface area contributed by atoms with Gasteiger partial charge in [0.2, 0.25) is 0 Å². The number of carbonyl (C=O) groups is 1. The van der Waals surface area contributed by atoms with Crippen molar-refractivity contribution < 1.29 is 9.72 Å². The fourth-order valence-electron chi connectivity index (χ4n) is 1.52. The van der Waals surface area contributed by atoms with Crippen LogP contribution >= 0.6 is 0 Å². The number of nitrogens with one attached hydrogen (secondary N) is 2. The molecule has 8 nitrogen and oxygen atoms in total. The summed E-state index contributed by atoms with van der Waals surface area (Å²) in [5.74, 6) is -0.375. The molecule has 8 heteroatoms. The molecule has 2 aromatic rings. The number of amides is 1. The highest BCUT2D eigenvalue weighted by atomic mass is 16.6. The molecule has 0 spiro atoms. The lowest BCUT2D eigenvalue weighted by Gasteiger charge is -2.03. The van der Waals surface area contributed by atoms with Crippen molar-refractivity contribution in [1.29, 1.82) is 0 Å². The van der Waals surface area contributed by atoms with Gasteiger partial charge in [0, 0.05) is 19.3 Å². The number of carbonyl (C=O) groups excluding carboxylic acids is 1. The van der Waals surface area contributed by atoms with Crippen LogP contribution in [0.5, 0.6) is 0 Å². The lowest BCUT2D eigenvalue weighted by atomic mass is 10.3. The standard InChI is InChI=1S/C10H11N5O3/c1-14-6-8(15(17)18)4-9(14)10(16)11-5-7-2-3-12-13-7/h2-4,6H,5H2,1H3,(H,11,16)(H,12,13). The summed E-state index contributed by atoms with van der Waals surface area (Å²) in [5, 5.41) is 19.7. The molecule has 2 N–H and O–H groups in total. The number of hydrogen-bond acceptors (Lipinski definition) is 4. The molecular formula is C10H11N5O3. The minimum absolute atomic E-state index is 0.107. The lowest BCUT2D eigenvalue weighted by Crippen LogP contribution is -2.24. The molecule has 1 amide bonds. The summed E-state index contributed by atoms with van der Waals surface area (Å²) in [4.78, 5) is 21.9. The summed E-state index contributed by atoms with van der Waals surface area (Å²) in [7, 11) is 1.58. The van der Waals surface area contributed by atoms with E-state index in [1.165, 1.54) is 16.8 Å². The zero-order chi connectivity index (χ0) is 13.1. The highest BCUT2D eigenvalue weighted by Gasteiger charge is 2.17. The molecule has 0 aliphatic carbocycles. The Balaban J connectivity index is 2.06. The molecule has 0 aromatic carbocycles. The number of aryl methyl sites for hydroxylation is 1. The average Bonchev–Trinajstić information content (AvgIpc) is 2.94. The number of aromatic nitrogens is 3. The zero-order valence-corrected chi connectivity index (χ0v) is 9.58. The highest BCUT2D eigenvalue weighted by molar-refractivity contribution is 5.93. The van der Waals surface area contributed by atoms with Crippen molar-refractivity contribution >= 4 is 11.6 Å². The average molecular weight is 249 g/mol. The van der Waals surface area contributed by atoms with Crippen LogP contribution in [0.15, 0.2) is 24.5 Å². The van der Waals surface area contributed by atoms with Gasteiger partial charge in [-0.1, -0.05) is 0 Å². The molecule has 0 aliphatic rings. The van der Waals surface area contributed by atoms with E-state index in [-0.39, 0.29) is 23.8 Å². The van der Waals surface area contributed by atoms with Crippen LogP contribution in [0.25, 0.3) is 0 Å². The molecule has 0 atom stereocenters. The Morgan fingerprint density at radius 2 is 2.44 bits per heavy atom. The number of H-pyrrole nitrogens is 1. The number of nitrogens with zero attached hydrogens (tertiary/aromatic N) is 3. The Bertz CT molecular complexity index is 572. The van der Waals surface area contributed by atoms with Gasteiger partial charge in [-0.05, 0) is 6.07 Å². The van der Waals surface area contributed by atoms with E-state index in [2.05, 4.69) is 15.5 Å². The van der Waals surface area contributed by atoms with E-state index in [1.807, 2.05) is 0 Å². The van der Waals surface area contributed by atoms with Crippen molar-refractivity contribution in [2.75, 3.05) is 0 Å². The van der Waals surface area contributed by atoms with Crippen LogP contribution in [0, 0.1) is 10.1 Å². The van der Waals surface area contributed by atoms with E-state index < -0.39 is 4.92 Å². The second-order valence-corrected chi connectivity index (χ2v) is 3.72. The number of rotatable bonds is 4. The van der Waals surface area contributed by atoms with Gasteiger partial charge >= 0.3 is 0 Å². The summed E-state index contributed by atoms with van der Waals surface area (Å²) in [6.45, 7) is 0.289. The molecule has 2 rings (SSSR count). The third-order valence-corrected chi connectivity index (χ3v) is 2.43. The fraction of sp³-hybridized carbons (Fsp3) is 0.200. The third-order valence-electron chi connectivity index (χ3n) is 2.43. The predicted molar refractivity (Wildman–Crippen MR) is 61.8 cm³/mol. The molecule has 0 radical (unpaired) electrons. The Morgan fingerprint density at radius 1 is 1.67 bits per heavy atom. The van der Waals surface area contributed by atoms with Crippen molar-refractivity contribution in [2.24, 2.45) is 7.05 Å². The van der Waals surface area contributed by atoms with Crippen LogP contribution in [0.2, 0.25) is 0 Å². The van der Waals surface area contributed by atoms with Gasteiger partial charge in [0.25, 0.3) is 11.6 Å². The van der Waals surface area contributed by atoms with E-state index in [4.69, 9.17) is 0 Å². The van der Waals surface area contributed by atoms with E-state index in [9.17, 15) is 14.9 Å². The first-order chi connectivity index (χ1) is 8.58. The minimum atomic E-state index is -0.536. The maximum Gasteiger partial charge on any atom is 0.287 e. The van der Waals surface area contributed by atoms with Crippen molar-refractivity contribution in [2.45, 2.75) is 6.54 Å². The van der Waals surface area contributed by atoms with E-state index in [0.29, 0.717) is 0 Å². The van der Waals surface area contributed by atoms with Gasteiger partial charge in [-0.15, -0.1) is 0 Å². The lowest BCUT2D eigenvalue weighted by molar-refractivity contribution is -0.384. The Hall–Kier alpha value is -2.64. The van der Waals surface area contributed by atoms with Crippen LogP contribution in [0.1, 0.15) is 16.2 Å². The SMILES string of the molecule is Cn1cc([N+](=O)[O-])cc1C(=O)NCc1ccn[nH]1. The zero-order valence-electron chi connectivity index (χ0n) is 9.58. The van der Waals surface area contributed by atoms with Crippen LogP contribution in [0.4, 0.5) is 5.69 Å². The monoisotopic (exact) mass is 249 g/mol. The van der Waals surface area contributed by atoms with Gasteiger partial charge in [0.05, 0.1) is 23.4 Å². The summed E-state index contributed by atoms with van der Waals surface area (Å²) in [5.41, 5.74) is 0.887. The van der Waals surface area contributed by atoms with Crippen molar-refractivity contribution in [3.05, 3.63) is 46.0 Å². The molecule has 2 aromatic heterocycles. The largest absolute Gasteiger partial charge is 0.345 e. The fourth-order valence-corrected chi connectivity index (χ4v) is 1.52. The van der Waals surface area contributed by atoms with Gasteiger partial charge in [0.15, 0.2) is 0 Å². The van der Waals surface area contributed by atoms with Crippen LogP contribution in [-0.2, 0) is 13.6 Å². The topological polar surface area (TPSA) is 106 Å². The molecule has 0 saturated heterocycles. The number of aromatic amines is 1. The van der Waals surface area contributed by atoms with Crippen molar-refractivity contribution in [3.8, 4) is 0 Å².